The van der Waals surface area contributed by atoms with E-state index in [0.29, 0.717) is 11.5 Å². The van der Waals surface area contributed by atoms with Crippen molar-refractivity contribution in [1.82, 2.24) is 23.9 Å². The molecule has 54 heavy (non-hydrogen) atoms. The normalized spacial score (nSPS) is 11.5. The van der Waals surface area contributed by atoms with Crippen molar-refractivity contribution in [3.8, 4) is 39.8 Å². The van der Waals surface area contributed by atoms with Crippen molar-refractivity contribution in [3.05, 3.63) is 175 Å². The van der Waals surface area contributed by atoms with Crippen LogP contribution in [0.5, 0.6) is 11.5 Å². The molecule has 0 atom stereocenters. The smallest absolute Gasteiger partial charge is 0.509 e. The maximum absolute atomic E-state index is 6.51. The third-order valence-corrected chi connectivity index (χ3v) is 10.1. The van der Waals surface area contributed by atoms with Gasteiger partial charge in [-0.25, -0.2) is 4.98 Å². The minimum atomic E-state index is 0. The largest absolute Gasteiger partial charge is 2.00 e. The van der Waals surface area contributed by atoms with Gasteiger partial charge in [-0.15, -0.1) is 35.7 Å². The Balaban J connectivity index is 0.00000384. The number of pyridine rings is 1. The van der Waals surface area contributed by atoms with E-state index in [-0.39, 0.29) is 20.4 Å². The van der Waals surface area contributed by atoms with Crippen molar-refractivity contribution >= 4 is 43.6 Å². The van der Waals surface area contributed by atoms with E-state index in [2.05, 4.69) is 133 Å². The van der Waals surface area contributed by atoms with E-state index < -0.39 is 0 Å². The zero-order valence-electron chi connectivity index (χ0n) is 29.8. The number of nitrogens with zero attached hydrogens (tertiary/aromatic N) is 5. The minimum absolute atomic E-state index is 0. The third kappa shape index (κ3) is 5.44. The Morgan fingerprint density at radius 3 is 2.20 bits per heavy atom. The first kappa shape index (κ1) is 33.6. The van der Waals surface area contributed by atoms with Gasteiger partial charge in [0.05, 0.1) is 22.7 Å². The van der Waals surface area contributed by atoms with Crippen LogP contribution >= 0.6 is 0 Å². The number of para-hydroxylation sites is 2. The fourth-order valence-corrected chi connectivity index (χ4v) is 8.06. The zero-order valence-corrected chi connectivity index (χ0v) is 31.4. The second-order valence-electron chi connectivity index (χ2n) is 13.6. The summed E-state index contributed by atoms with van der Waals surface area (Å²) >= 11 is 0. The maximum Gasteiger partial charge on any atom is 2.00 e. The summed E-state index contributed by atoms with van der Waals surface area (Å²) < 4.78 is 12.9. The SMILES string of the molecule is Cc1cc(C)c(-c2cnn(-c3[c-]c(Oc4[c-]c5c(cc4)c4ccc6c(c7ccccc7n6-c6ccccc6)c4n5-c4ccccn4)ccc3)c2)c(C)c1.[Pd+2]. The van der Waals surface area contributed by atoms with Crippen molar-refractivity contribution in [3.63, 3.8) is 0 Å². The number of benzene rings is 6. The van der Waals surface area contributed by atoms with Gasteiger partial charge in [0.15, 0.2) is 0 Å². The molecule has 0 aliphatic heterocycles. The fraction of sp³-hybridized carbons (Fsp3) is 0.0638. The summed E-state index contributed by atoms with van der Waals surface area (Å²) in [5.41, 5.74) is 12.2. The third-order valence-electron chi connectivity index (χ3n) is 10.1. The number of rotatable bonds is 6. The second-order valence-corrected chi connectivity index (χ2v) is 13.6. The molecule has 6 nitrogen and oxygen atoms in total. The molecule has 4 aromatic heterocycles. The first-order chi connectivity index (χ1) is 26.0. The number of aryl methyl sites for hydroxylation is 3. The molecular formula is C47H33N5OPd. The van der Waals surface area contributed by atoms with E-state index in [4.69, 9.17) is 14.8 Å². The molecule has 0 amide bonds. The topological polar surface area (TPSA) is 49.8 Å². The molecule has 0 aliphatic rings. The summed E-state index contributed by atoms with van der Waals surface area (Å²) in [6, 6.07) is 51.1. The molecule has 6 aromatic carbocycles. The molecule has 4 heterocycles. The first-order valence-electron chi connectivity index (χ1n) is 17.7. The van der Waals surface area contributed by atoms with E-state index in [1.54, 1.807) is 0 Å². The van der Waals surface area contributed by atoms with Gasteiger partial charge >= 0.3 is 20.4 Å². The number of hydrogen-bond acceptors (Lipinski definition) is 3. The molecule has 0 unspecified atom stereocenters. The van der Waals surface area contributed by atoms with Crippen LogP contribution in [0.2, 0.25) is 0 Å². The van der Waals surface area contributed by atoms with E-state index in [0.717, 1.165) is 61.0 Å². The predicted molar refractivity (Wildman–Crippen MR) is 214 cm³/mol. The summed E-state index contributed by atoms with van der Waals surface area (Å²) in [5.74, 6) is 1.97. The summed E-state index contributed by atoms with van der Waals surface area (Å²) in [5, 5.41) is 9.23. The molecule has 0 radical (unpaired) electrons. The van der Waals surface area contributed by atoms with Crippen LogP contribution in [-0.4, -0.2) is 23.9 Å². The fourth-order valence-electron chi connectivity index (χ4n) is 8.06. The Labute approximate surface area is 326 Å². The molecule has 0 saturated carbocycles. The van der Waals surface area contributed by atoms with E-state index >= 15 is 0 Å². The van der Waals surface area contributed by atoms with Crippen LogP contribution in [0.25, 0.3) is 71.9 Å². The molecule has 7 heteroatoms. The summed E-state index contributed by atoms with van der Waals surface area (Å²) in [6.45, 7) is 6.43. The molecule has 10 aromatic rings. The standard InChI is InChI=1S/C47H33N5O.Pd/c1-30-24-31(2)45(32(3)25-30)33-28-49-50(29-33)35-14-11-15-36(26-35)53-37-19-20-38-39-21-22-42-46(47(39)52(43(38)27-37)44-18-9-10-23-48-44)40-16-7-8-17-41(40)51(42)34-12-5-4-6-13-34;/h4-25,28-29H,1-3H3;/q-2;+2. The van der Waals surface area contributed by atoms with Crippen LogP contribution in [-0.2, 0) is 20.4 Å². The van der Waals surface area contributed by atoms with Gasteiger partial charge < -0.3 is 13.9 Å². The number of ether oxygens (including phenoxy) is 1. The van der Waals surface area contributed by atoms with Crippen LogP contribution in [0.3, 0.4) is 0 Å². The van der Waals surface area contributed by atoms with Crippen molar-refractivity contribution in [2.75, 3.05) is 0 Å². The van der Waals surface area contributed by atoms with Crippen molar-refractivity contribution in [2.24, 2.45) is 0 Å². The average Bonchev–Trinajstić information content (AvgIpc) is 3.88. The Kier molecular flexibility index (Phi) is 8.27. The monoisotopic (exact) mass is 789 g/mol. The maximum atomic E-state index is 6.51. The molecule has 0 aliphatic carbocycles. The van der Waals surface area contributed by atoms with Gasteiger partial charge in [-0.1, -0.05) is 71.7 Å². The zero-order chi connectivity index (χ0) is 35.6. The Morgan fingerprint density at radius 2 is 1.39 bits per heavy atom. The molecule has 0 spiro atoms. The Morgan fingerprint density at radius 1 is 0.630 bits per heavy atom. The Hall–Kier alpha value is -6.26. The molecule has 262 valence electrons. The van der Waals surface area contributed by atoms with Crippen LogP contribution < -0.4 is 4.74 Å². The molecule has 0 bridgehead atoms. The summed E-state index contributed by atoms with van der Waals surface area (Å²) in [4.78, 5) is 4.85. The van der Waals surface area contributed by atoms with Crippen LogP contribution in [0.4, 0.5) is 0 Å². The summed E-state index contributed by atoms with van der Waals surface area (Å²) in [7, 11) is 0. The quantitative estimate of drug-likeness (QED) is 0.125. The molecule has 0 N–H and O–H groups in total. The molecule has 10 rings (SSSR count). The van der Waals surface area contributed by atoms with Crippen LogP contribution in [0, 0.1) is 32.9 Å². The molecular weight excluding hydrogens is 757 g/mol. The number of hydrogen-bond donors (Lipinski definition) is 0. The first-order valence-corrected chi connectivity index (χ1v) is 17.7. The van der Waals surface area contributed by atoms with Crippen molar-refractivity contribution in [1.29, 1.82) is 0 Å². The van der Waals surface area contributed by atoms with Gasteiger partial charge in [-0.3, -0.25) is 4.68 Å². The molecule has 0 saturated heterocycles. The average molecular weight is 790 g/mol. The van der Waals surface area contributed by atoms with Crippen LogP contribution in [0.15, 0.2) is 146 Å². The van der Waals surface area contributed by atoms with Gasteiger partial charge in [-0.2, -0.15) is 17.2 Å². The number of fused-ring (bicyclic) bond motifs is 7. The van der Waals surface area contributed by atoms with Gasteiger partial charge in [0.1, 0.15) is 5.82 Å². The van der Waals surface area contributed by atoms with Gasteiger partial charge in [0, 0.05) is 45.9 Å². The van der Waals surface area contributed by atoms with Crippen molar-refractivity contribution < 1.29 is 25.2 Å². The van der Waals surface area contributed by atoms with Gasteiger partial charge in [0.2, 0.25) is 0 Å². The van der Waals surface area contributed by atoms with Crippen molar-refractivity contribution in [2.45, 2.75) is 20.8 Å². The predicted octanol–water partition coefficient (Wildman–Crippen LogP) is 11.4. The summed E-state index contributed by atoms with van der Waals surface area (Å²) in [6.07, 6.45) is 5.81. The van der Waals surface area contributed by atoms with E-state index in [1.807, 2.05) is 59.5 Å². The minimum Gasteiger partial charge on any atom is -0.509 e. The van der Waals surface area contributed by atoms with Gasteiger partial charge in [-0.05, 0) is 84.9 Å². The number of aromatic nitrogens is 5. The van der Waals surface area contributed by atoms with Crippen LogP contribution in [0.1, 0.15) is 16.7 Å². The van der Waals surface area contributed by atoms with E-state index in [9.17, 15) is 0 Å². The van der Waals surface area contributed by atoms with E-state index in [1.165, 1.54) is 27.6 Å². The van der Waals surface area contributed by atoms with Gasteiger partial charge in [0.25, 0.3) is 0 Å². The molecule has 0 fully saturated rings. The Bertz CT molecular complexity index is 2990. The second kappa shape index (κ2) is 13.3.